The summed E-state index contributed by atoms with van der Waals surface area (Å²) in [6.07, 6.45) is -4.16. The molecule has 8 nitrogen and oxygen atoms in total. The van der Waals surface area contributed by atoms with Crippen molar-refractivity contribution in [3.8, 4) is 11.5 Å². The number of aryl methyl sites for hydroxylation is 2. The van der Waals surface area contributed by atoms with E-state index in [1.165, 1.54) is 0 Å². The molecule has 0 radical (unpaired) electrons. The Kier molecular flexibility index (Phi) is 7.63. The largest absolute Gasteiger partial charge is 0.493 e. The third kappa shape index (κ3) is 5.40. The quantitative estimate of drug-likeness (QED) is 0.459. The molecule has 0 aliphatic carbocycles. The van der Waals surface area contributed by atoms with Gasteiger partial charge in [-0.1, -0.05) is 6.07 Å². The third-order valence-corrected chi connectivity index (χ3v) is 5.53. The average molecular weight is 480 g/mol. The van der Waals surface area contributed by atoms with Gasteiger partial charge in [-0.15, -0.1) is 5.10 Å². The molecule has 2 aromatic heterocycles. The van der Waals surface area contributed by atoms with Crippen LogP contribution in [0, 0.1) is 13.8 Å². The number of carbonyl (C=O) groups excluding carboxylic acids is 1. The number of benzene rings is 1. The molecule has 0 bridgehead atoms. The van der Waals surface area contributed by atoms with E-state index in [4.69, 9.17) is 9.47 Å². The van der Waals surface area contributed by atoms with E-state index in [1.54, 1.807) is 25.9 Å². The number of nitrogens with zero attached hydrogens (tertiary/aromatic N) is 5. The van der Waals surface area contributed by atoms with Crippen molar-refractivity contribution in [2.45, 2.75) is 53.3 Å². The van der Waals surface area contributed by atoms with Gasteiger partial charge in [0.25, 0.3) is 11.6 Å². The first kappa shape index (κ1) is 25.3. The van der Waals surface area contributed by atoms with E-state index < -0.39 is 12.0 Å². The van der Waals surface area contributed by atoms with Crippen LogP contribution in [-0.4, -0.2) is 50.7 Å². The second kappa shape index (κ2) is 10.3. The number of alkyl halides is 3. The smallest absolute Gasteiger partial charge is 0.453 e. The third-order valence-electron chi connectivity index (χ3n) is 5.53. The van der Waals surface area contributed by atoms with Crippen LogP contribution in [0.15, 0.2) is 18.2 Å². The molecular weight excluding hydrogens is 451 g/mol. The molecule has 184 valence electrons. The number of methoxy groups -OCH3 is 1. The number of fused-ring (bicyclic) bond motifs is 1. The molecule has 0 aliphatic rings. The first-order chi connectivity index (χ1) is 16.1. The van der Waals surface area contributed by atoms with Gasteiger partial charge in [0, 0.05) is 30.9 Å². The molecule has 0 unspecified atom stereocenters. The summed E-state index contributed by atoms with van der Waals surface area (Å²) in [5.74, 6) is -0.196. The highest BCUT2D eigenvalue weighted by Gasteiger charge is 2.37. The van der Waals surface area contributed by atoms with Gasteiger partial charge in [0.1, 0.15) is 0 Å². The molecule has 0 atom stereocenters. The second-order valence-electron chi connectivity index (χ2n) is 7.73. The molecule has 1 amide bonds. The first-order valence-corrected chi connectivity index (χ1v) is 11.0. The van der Waals surface area contributed by atoms with Crippen LogP contribution in [0.2, 0.25) is 0 Å². The van der Waals surface area contributed by atoms with Crippen LogP contribution in [0.5, 0.6) is 11.5 Å². The summed E-state index contributed by atoms with van der Waals surface area (Å²) < 4.78 is 51.0. The van der Waals surface area contributed by atoms with E-state index in [0.717, 1.165) is 10.1 Å². The van der Waals surface area contributed by atoms with E-state index in [9.17, 15) is 18.0 Å². The van der Waals surface area contributed by atoms with Crippen LogP contribution in [0.4, 0.5) is 13.2 Å². The molecule has 0 N–H and O–H groups in total. The van der Waals surface area contributed by atoms with Crippen molar-refractivity contribution in [1.82, 2.24) is 24.5 Å². The van der Waals surface area contributed by atoms with Gasteiger partial charge in [-0.05, 0) is 57.4 Å². The summed E-state index contributed by atoms with van der Waals surface area (Å²) in [4.78, 5) is 22.3. The zero-order valence-corrected chi connectivity index (χ0v) is 19.9. The van der Waals surface area contributed by atoms with Crippen LogP contribution in [0.25, 0.3) is 5.78 Å². The Bertz CT molecular complexity index is 1180. The van der Waals surface area contributed by atoms with Gasteiger partial charge in [-0.25, -0.2) is 9.50 Å². The lowest BCUT2D eigenvalue weighted by Gasteiger charge is -2.22. The molecular formula is C23H28F3N5O3. The van der Waals surface area contributed by atoms with Crippen molar-refractivity contribution >= 4 is 11.7 Å². The molecule has 34 heavy (non-hydrogen) atoms. The Labute approximate surface area is 195 Å². The fourth-order valence-electron chi connectivity index (χ4n) is 3.76. The van der Waals surface area contributed by atoms with Crippen LogP contribution in [0.3, 0.4) is 0 Å². The standard InChI is InChI=1S/C23H28F3N5O3/c1-6-30(13-16-8-10-18(34-7-2)19(12-16)33-5)20(32)11-9-17-14(3)27-22-28-21(23(24,25)26)29-31(22)15(17)4/h8,10,12H,6-7,9,11,13H2,1-5H3. The molecule has 0 saturated carbocycles. The van der Waals surface area contributed by atoms with Gasteiger partial charge >= 0.3 is 6.18 Å². The van der Waals surface area contributed by atoms with E-state index in [1.807, 2.05) is 32.0 Å². The SMILES string of the molecule is CCOc1ccc(CN(CC)C(=O)CCc2c(C)nc3nc(C(F)(F)F)nn3c2C)cc1OC. The van der Waals surface area contributed by atoms with Gasteiger partial charge in [0.2, 0.25) is 5.91 Å². The predicted octanol–water partition coefficient (Wildman–Crippen LogP) is 4.15. The molecule has 2 heterocycles. The lowest BCUT2D eigenvalue weighted by Crippen LogP contribution is -2.30. The lowest BCUT2D eigenvalue weighted by molar-refractivity contribution is -0.144. The maximum absolute atomic E-state index is 13.0. The summed E-state index contributed by atoms with van der Waals surface area (Å²) in [6.45, 7) is 8.54. The van der Waals surface area contributed by atoms with Crippen molar-refractivity contribution in [3.63, 3.8) is 0 Å². The zero-order valence-electron chi connectivity index (χ0n) is 19.9. The highest BCUT2D eigenvalue weighted by Crippen LogP contribution is 2.29. The monoisotopic (exact) mass is 479 g/mol. The number of ether oxygens (including phenoxy) is 2. The van der Waals surface area contributed by atoms with Gasteiger partial charge in [0.15, 0.2) is 11.5 Å². The second-order valence-corrected chi connectivity index (χ2v) is 7.73. The summed E-state index contributed by atoms with van der Waals surface area (Å²) in [5.41, 5.74) is 2.59. The molecule has 1 aromatic carbocycles. The molecule has 3 rings (SSSR count). The van der Waals surface area contributed by atoms with Crippen LogP contribution in [-0.2, 0) is 23.9 Å². The molecule has 0 saturated heterocycles. The number of rotatable bonds is 9. The molecule has 11 heteroatoms. The average Bonchev–Trinajstić information content (AvgIpc) is 3.23. The number of amides is 1. The summed E-state index contributed by atoms with van der Waals surface area (Å²) in [5, 5.41) is 3.56. The Morgan fingerprint density at radius 2 is 1.88 bits per heavy atom. The van der Waals surface area contributed by atoms with Crippen LogP contribution < -0.4 is 9.47 Å². The Balaban J connectivity index is 1.75. The number of halogens is 3. The van der Waals surface area contributed by atoms with E-state index >= 15 is 0 Å². The highest BCUT2D eigenvalue weighted by atomic mass is 19.4. The minimum absolute atomic E-state index is 0.0798. The summed E-state index contributed by atoms with van der Waals surface area (Å²) in [7, 11) is 1.56. The first-order valence-electron chi connectivity index (χ1n) is 11.0. The summed E-state index contributed by atoms with van der Waals surface area (Å²) in [6, 6.07) is 5.55. The van der Waals surface area contributed by atoms with Gasteiger partial charge in [0.05, 0.1) is 13.7 Å². The lowest BCUT2D eigenvalue weighted by atomic mass is 10.1. The van der Waals surface area contributed by atoms with E-state index in [0.29, 0.717) is 54.6 Å². The minimum Gasteiger partial charge on any atom is -0.493 e. The van der Waals surface area contributed by atoms with Gasteiger partial charge < -0.3 is 14.4 Å². The number of hydrogen-bond acceptors (Lipinski definition) is 6. The minimum atomic E-state index is -4.66. The fourth-order valence-corrected chi connectivity index (χ4v) is 3.76. The van der Waals surface area contributed by atoms with E-state index in [2.05, 4.69) is 15.1 Å². The topological polar surface area (TPSA) is 81.9 Å². The van der Waals surface area contributed by atoms with Crippen molar-refractivity contribution in [1.29, 1.82) is 0 Å². The Morgan fingerprint density at radius 1 is 1.15 bits per heavy atom. The maximum atomic E-state index is 13.0. The van der Waals surface area contributed by atoms with Crippen molar-refractivity contribution < 1.29 is 27.4 Å². The maximum Gasteiger partial charge on any atom is 0.453 e. The Hall–Kier alpha value is -3.37. The molecule has 3 aromatic rings. The van der Waals surface area contributed by atoms with Gasteiger partial charge in [-0.2, -0.15) is 18.2 Å². The number of hydrogen-bond donors (Lipinski definition) is 0. The highest BCUT2D eigenvalue weighted by molar-refractivity contribution is 5.76. The van der Waals surface area contributed by atoms with Crippen molar-refractivity contribution in [3.05, 3.63) is 46.5 Å². The normalized spacial score (nSPS) is 11.6. The van der Waals surface area contributed by atoms with Crippen LogP contribution >= 0.6 is 0 Å². The zero-order chi connectivity index (χ0) is 25.0. The molecule has 0 fully saturated rings. The number of carbonyl (C=O) groups is 1. The van der Waals surface area contributed by atoms with E-state index in [-0.39, 0.29) is 18.1 Å². The Morgan fingerprint density at radius 3 is 2.50 bits per heavy atom. The van der Waals surface area contributed by atoms with Crippen LogP contribution in [0.1, 0.15) is 48.6 Å². The predicted molar refractivity (Wildman–Crippen MR) is 119 cm³/mol. The molecule has 0 aliphatic heterocycles. The van der Waals surface area contributed by atoms with Crippen molar-refractivity contribution in [2.24, 2.45) is 0 Å². The number of aromatic nitrogens is 4. The fraction of sp³-hybridized carbons (Fsp3) is 0.478. The van der Waals surface area contributed by atoms with Gasteiger partial charge in [-0.3, -0.25) is 4.79 Å². The van der Waals surface area contributed by atoms with Crippen molar-refractivity contribution in [2.75, 3.05) is 20.3 Å². The summed E-state index contributed by atoms with van der Waals surface area (Å²) >= 11 is 0. The molecule has 0 spiro atoms.